The molecule has 18 heavy (non-hydrogen) atoms. The van der Waals surface area contributed by atoms with Crippen molar-refractivity contribution in [3.63, 3.8) is 0 Å². The molecule has 5 nitrogen and oxygen atoms in total. The molecule has 0 N–H and O–H groups in total. The quantitative estimate of drug-likeness (QED) is 0.547. The molecule has 0 aromatic heterocycles. The molecule has 1 atom stereocenters. The highest BCUT2D eigenvalue weighted by molar-refractivity contribution is 6.03. The van der Waals surface area contributed by atoms with Crippen LogP contribution in [0.25, 0.3) is 0 Å². The monoisotopic (exact) mass is 255 g/mol. The number of ether oxygens (including phenoxy) is 1. The summed E-state index contributed by atoms with van der Waals surface area (Å²) in [4.78, 5) is 36.1. The second kappa shape index (κ2) is 5.98. The summed E-state index contributed by atoms with van der Waals surface area (Å²) in [6.45, 7) is 7.58. The van der Waals surface area contributed by atoms with Gasteiger partial charge in [-0.2, -0.15) is 0 Å². The third kappa shape index (κ3) is 3.31. The number of hydrogen-bond donors (Lipinski definition) is 0. The van der Waals surface area contributed by atoms with E-state index in [1.807, 2.05) is 13.8 Å². The van der Waals surface area contributed by atoms with Crippen LogP contribution in [-0.4, -0.2) is 35.8 Å². The van der Waals surface area contributed by atoms with Crippen LogP contribution in [0.5, 0.6) is 0 Å². The minimum absolute atomic E-state index is 0.0826. The van der Waals surface area contributed by atoms with Crippen molar-refractivity contribution < 1.29 is 19.1 Å². The van der Waals surface area contributed by atoms with Crippen molar-refractivity contribution >= 4 is 17.8 Å². The summed E-state index contributed by atoms with van der Waals surface area (Å²) in [7, 11) is 0. The predicted molar refractivity (Wildman–Crippen MR) is 65.5 cm³/mol. The summed E-state index contributed by atoms with van der Waals surface area (Å²) < 4.78 is 4.97. The van der Waals surface area contributed by atoms with Crippen molar-refractivity contribution in [2.75, 3.05) is 13.2 Å². The normalized spacial score (nSPS) is 20.1. The first-order valence-corrected chi connectivity index (χ1v) is 6.35. The van der Waals surface area contributed by atoms with Crippen LogP contribution in [0.2, 0.25) is 0 Å². The van der Waals surface area contributed by atoms with Gasteiger partial charge in [-0.1, -0.05) is 27.7 Å². The zero-order valence-electron chi connectivity index (χ0n) is 11.4. The zero-order chi connectivity index (χ0) is 13.9. The molecule has 1 rings (SSSR count). The number of hydrogen-bond acceptors (Lipinski definition) is 4. The van der Waals surface area contributed by atoms with Gasteiger partial charge in [-0.3, -0.25) is 19.3 Å². The van der Waals surface area contributed by atoms with E-state index in [1.165, 1.54) is 4.90 Å². The van der Waals surface area contributed by atoms with E-state index in [0.29, 0.717) is 0 Å². The second-order valence-corrected chi connectivity index (χ2v) is 5.26. The number of esters is 1. The molecule has 1 heterocycles. The lowest BCUT2D eigenvalue weighted by atomic mass is 9.94. The molecule has 2 amide bonds. The first-order chi connectivity index (χ1) is 8.34. The highest BCUT2D eigenvalue weighted by atomic mass is 16.5. The Morgan fingerprint density at radius 2 is 1.94 bits per heavy atom. The number of likely N-dealkylation sites (tertiary alicyclic amines) is 1. The first-order valence-electron chi connectivity index (χ1n) is 6.35. The molecular formula is C13H21NO4. The van der Waals surface area contributed by atoms with Gasteiger partial charge in [0, 0.05) is 12.3 Å². The van der Waals surface area contributed by atoms with Gasteiger partial charge >= 0.3 is 5.97 Å². The van der Waals surface area contributed by atoms with Crippen molar-refractivity contribution in [2.24, 2.45) is 17.8 Å². The molecule has 1 unspecified atom stereocenters. The molecule has 102 valence electrons. The topological polar surface area (TPSA) is 63.7 Å². The standard InChI is InChI=1S/C13H21NO4/c1-8(2)10-7-11(15)14(12(10)16)5-6-18-13(17)9(3)4/h8-10H,5-7H2,1-4H3. The number of nitrogens with zero attached hydrogens (tertiary/aromatic N) is 1. The van der Waals surface area contributed by atoms with Crippen LogP contribution in [0, 0.1) is 17.8 Å². The lowest BCUT2D eigenvalue weighted by molar-refractivity contribution is -0.151. The fraction of sp³-hybridized carbons (Fsp3) is 0.769. The van der Waals surface area contributed by atoms with Gasteiger partial charge in [0.2, 0.25) is 11.8 Å². The maximum Gasteiger partial charge on any atom is 0.308 e. The Kier molecular flexibility index (Phi) is 4.87. The SMILES string of the molecule is CC(C)C(=O)OCCN1C(=O)CC(C(C)C)C1=O. The molecule has 1 aliphatic heterocycles. The largest absolute Gasteiger partial charge is 0.464 e. The third-order valence-electron chi connectivity index (χ3n) is 3.11. The van der Waals surface area contributed by atoms with Crippen molar-refractivity contribution in [3.05, 3.63) is 0 Å². The lowest BCUT2D eigenvalue weighted by Crippen LogP contribution is -2.35. The Balaban J connectivity index is 2.46. The summed E-state index contributed by atoms with van der Waals surface area (Å²) in [5, 5.41) is 0. The Labute approximate surface area is 107 Å². The predicted octanol–water partition coefficient (Wildman–Crippen LogP) is 1.22. The van der Waals surface area contributed by atoms with Gasteiger partial charge < -0.3 is 4.74 Å². The number of rotatable bonds is 5. The van der Waals surface area contributed by atoms with Gasteiger partial charge in [0.1, 0.15) is 6.61 Å². The number of carbonyl (C=O) groups is 3. The fourth-order valence-electron chi connectivity index (χ4n) is 1.87. The van der Waals surface area contributed by atoms with Crippen molar-refractivity contribution in [3.8, 4) is 0 Å². The smallest absolute Gasteiger partial charge is 0.308 e. The Morgan fingerprint density at radius 1 is 1.33 bits per heavy atom. The summed E-state index contributed by atoms with van der Waals surface area (Å²) in [6, 6.07) is 0. The maximum absolute atomic E-state index is 11.9. The fourth-order valence-corrected chi connectivity index (χ4v) is 1.87. The Bertz CT molecular complexity index is 349. The first kappa shape index (κ1) is 14.7. The van der Waals surface area contributed by atoms with Crippen molar-refractivity contribution in [1.82, 2.24) is 4.90 Å². The molecule has 0 radical (unpaired) electrons. The van der Waals surface area contributed by atoms with Gasteiger partial charge in [0.25, 0.3) is 0 Å². The third-order valence-corrected chi connectivity index (χ3v) is 3.11. The average molecular weight is 255 g/mol. The van der Waals surface area contributed by atoms with Crippen LogP contribution < -0.4 is 0 Å². The average Bonchev–Trinajstić information content (AvgIpc) is 2.56. The van der Waals surface area contributed by atoms with E-state index in [4.69, 9.17) is 4.74 Å². The molecule has 1 saturated heterocycles. The van der Waals surface area contributed by atoms with Crippen LogP contribution in [0.15, 0.2) is 0 Å². The molecule has 1 aliphatic rings. The summed E-state index contributed by atoms with van der Waals surface area (Å²) in [5.41, 5.74) is 0. The van der Waals surface area contributed by atoms with E-state index in [0.717, 1.165) is 0 Å². The van der Waals surface area contributed by atoms with Crippen LogP contribution in [0.4, 0.5) is 0 Å². The van der Waals surface area contributed by atoms with Crippen LogP contribution >= 0.6 is 0 Å². The van der Waals surface area contributed by atoms with Gasteiger partial charge in [0.05, 0.1) is 12.5 Å². The molecule has 0 saturated carbocycles. The summed E-state index contributed by atoms with van der Waals surface area (Å²) >= 11 is 0. The van der Waals surface area contributed by atoms with Gasteiger partial charge in [-0.25, -0.2) is 0 Å². The minimum atomic E-state index is -0.311. The second-order valence-electron chi connectivity index (χ2n) is 5.26. The maximum atomic E-state index is 11.9. The molecule has 5 heteroatoms. The number of carbonyl (C=O) groups excluding carboxylic acids is 3. The van der Waals surface area contributed by atoms with Gasteiger partial charge in [-0.05, 0) is 5.92 Å². The lowest BCUT2D eigenvalue weighted by Gasteiger charge is -2.16. The van der Waals surface area contributed by atoms with Crippen molar-refractivity contribution in [1.29, 1.82) is 0 Å². The van der Waals surface area contributed by atoms with E-state index in [-0.39, 0.29) is 55.1 Å². The Hall–Kier alpha value is -1.39. The summed E-state index contributed by atoms with van der Waals surface area (Å²) in [5.74, 6) is -0.884. The molecule has 0 bridgehead atoms. The van der Waals surface area contributed by atoms with Crippen molar-refractivity contribution in [2.45, 2.75) is 34.1 Å². The molecule has 0 spiro atoms. The molecule has 1 fully saturated rings. The minimum Gasteiger partial charge on any atom is -0.464 e. The highest BCUT2D eigenvalue weighted by Gasteiger charge is 2.39. The van der Waals surface area contributed by atoms with E-state index in [1.54, 1.807) is 13.8 Å². The number of amides is 2. The zero-order valence-corrected chi connectivity index (χ0v) is 11.4. The Morgan fingerprint density at radius 3 is 2.39 bits per heavy atom. The van der Waals surface area contributed by atoms with E-state index in [9.17, 15) is 14.4 Å². The number of imide groups is 1. The molecular weight excluding hydrogens is 234 g/mol. The van der Waals surface area contributed by atoms with E-state index in [2.05, 4.69) is 0 Å². The molecule has 0 aliphatic carbocycles. The van der Waals surface area contributed by atoms with E-state index >= 15 is 0 Å². The van der Waals surface area contributed by atoms with Crippen LogP contribution in [0.3, 0.4) is 0 Å². The van der Waals surface area contributed by atoms with Crippen LogP contribution in [0.1, 0.15) is 34.1 Å². The van der Waals surface area contributed by atoms with Crippen LogP contribution in [-0.2, 0) is 19.1 Å². The molecule has 0 aromatic carbocycles. The van der Waals surface area contributed by atoms with Gasteiger partial charge in [-0.15, -0.1) is 0 Å². The van der Waals surface area contributed by atoms with Gasteiger partial charge in [0.15, 0.2) is 0 Å². The summed E-state index contributed by atoms with van der Waals surface area (Å²) in [6.07, 6.45) is 0.272. The molecule has 0 aromatic rings. The van der Waals surface area contributed by atoms with E-state index < -0.39 is 0 Å². The highest BCUT2D eigenvalue weighted by Crippen LogP contribution is 2.25.